The van der Waals surface area contributed by atoms with Crippen molar-refractivity contribution in [1.29, 1.82) is 0 Å². The Bertz CT molecular complexity index is 1090. The van der Waals surface area contributed by atoms with E-state index in [9.17, 15) is 13.2 Å². The molecule has 150 valence electrons. The van der Waals surface area contributed by atoms with E-state index in [1.807, 2.05) is 62.3 Å². The van der Waals surface area contributed by atoms with Crippen LogP contribution in [-0.2, 0) is 10.0 Å². The molecule has 3 aromatic rings. The Labute approximate surface area is 171 Å². The first-order valence-electron chi connectivity index (χ1n) is 9.03. The van der Waals surface area contributed by atoms with Crippen LogP contribution in [0, 0.1) is 6.92 Å². The van der Waals surface area contributed by atoms with Gasteiger partial charge in [-0.15, -0.1) is 0 Å². The Hall–Kier alpha value is -3.32. The van der Waals surface area contributed by atoms with Crippen molar-refractivity contribution in [2.24, 2.45) is 0 Å². The molecular formula is C22H23N3O3S. The number of anilines is 3. The molecule has 6 nitrogen and oxygen atoms in total. The molecule has 0 aliphatic rings. The first-order valence-corrected chi connectivity index (χ1v) is 10.5. The van der Waals surface area contributed by atoms with Gasteiger partial charge in [-0.2, -0.15) is 0 Å². The van der Waals surface area contributed by atoms with Gasteiger partial charge < -0.3 is 10.2 Å². The van der Waals surface area contributed by atoms with Crippen molar-refractivity contribution in [2.75, 3.05) is 29.0 Å². The summed E-state index contributed by atoms with van der Waals surface area (Å²) in [4.78, 5) is 14.5. The quantitative estimate of drug-likeness (QED) is 0.642. The van der Waals surface area contributed by atoms with Gasteiger partial charge in [-0.1, -0.05) is 17.7 Å². The molecule has 0 saturated heterocycles. The normalized spacial score (nSPS) is 11.0. The van der Waals surface area contributed by atoms with Crippen LogP contribution in [0.4, 0.5) is 17.1 Å². The van der Waals surface area contributed by atoms with Gasteiger partial charge in [0.15, 0.2) is 0 Å². The summed E-state index contributed by atoms with van der Waals surface area (Å²) in [6.45, 7) is 1.93. The van der Waals surface area contributed by atoms with Gasteiger partial charge in [0.25, 0.3) is 15.9 Å². The van der Waals surface area contributed by atoms with E-state index < -0.39 is 10.0 Å². The molecule has 0 aliphatic carbocycles. The van der Waals surface area contributed by atoms with Crippen LogP contribution in [0.3, 0.4) is 0 Å². The van der Waals surface area contributed by atoms with Crippen LogP contribution >= 0.6 is 0 Å². The second-order valence-corrected chi connectivity index (χ2v) is 8.57. The molecule has 0 fully saturated rings. The van der Waals surface area contributed by atoms with E-state index >= 15 is 0 Å². The Morgan fingerprint density at radius 2 is 1.34 bits per heavy atom. The molecule has 0 atom stereocenters. The Balaban J connectivity index is 1.70. The van der Waals surface area contributed by atoms with Gasteiger partial charge in [0.05, 0.1) is 4.90 Å². The van der Waals surface area contributed by atoms with Crippen molar-refractivity contribution < 1.29 is 13.2 Å². The van der Waals surface area contributed by atoms with Gasteiger partial charge in [0, 0.05) is 36.7 Å². The average molecular weight is 410 g/mol. The lowest BCUT2D eigenvalue weighted by molar-refractivity contribution is 0.102. The second kappa shape index (κ2) is 8.36. The SMILES string of the molecule is Cc1ccc(NS(=O)(=O)c2ccc(C(=O)Nc3ccc(N(C)C)cc3)cc2)cc1. The maximum atomic E-state index is 12.5. The largest absolute Gasteiger partial charge is 0.378 e. The summed E-state index contributed by atoms with van der Waals surface area (Å²) in [5.41, 5.74) is 3.59. The highest BCUT2D eigenvalue weighted by Crippen LogP contribution is 2.19. The highest BCUT2D eigenvalue weighted by molar-refractivity contribution is 7.92. The molecule has 0 spiro atoms. The van der Waals surface area contributed by atoms with Crippen molar-refractivity contribution in [3.63, 3.8) is 0 Å². The Morgan fingerprint density at radius 1 is 0.793 bits per heavy atom. The number of carbonyl (C=O) groups is 1. The fourth-order valence-electron chi connectivity index (χ4n) is 2.67. The Kier molecular flexibility index (Phi) is 5.89. The van der Waals surface area contributed by atoms with E-state index in [0.717, 1.165) is 11.3 Å². The van der Waals surface area contributed by atoms with Gasteiger partial charge in [-0.3, -0.25) is 9.52 Å². The van der Waals surface area contributed by atoms with E-state index in [0.29, 0.717) is 16.9 Å². The fourth-order valence-corrected chi connectivity index (χ4v) is 3.73. The van der Waals surface area contributed by atoms with E-state index in [1.165, 1.54) is 24.3 Å². The van der Waals surface area contributed by atoms with Crippen molar-refractivity contribution in [2.45, 2.75) is 11.8 Å². The Morgan fingerprint density at radius 3 is 1.90 bits per heavy atom. The predicted octanol–water partition coefficient (Wildman–Crippen LogP) is 4.11. The molecule has 0 aromatic heterocycles. The number of hydrogen-bond acceptors (Lipinski definition) is 4. The van der Waals surface area contributed by atoms with E-state index in [1.54, 1.807) is 12.1 Å². The topological polar surface area (TPSA) is 78.5 Å². The molecule has 29 heavy (non-hydrogen) atoms. The minimum atomic E-state index is -3.73. The molecule has 7 heteroatoms. The van der Waals surface area contributed by atoms with Gasteiger partial charge in [-0.05, 0) is 67.6 Å². The third kappa shape index (κ3) is 5.14. The average Bonchev–Trinajstić information content (AvgIpc) is 2.70. The summed E-state index contributed by atoms with van der Waals surface area (Å²) in [5, 5.41) is 2.81. The van der Waals surface area contributed by atoms with Crippen LogP contribution in [0.2, 0.25) is 0 Å². The number of carbonyl (C=O) groups excluding carboxylic acids is 1. The molecule has 0 unspecified atom stereocenters. The summed E-state index contributed by atoms with van der Waals surface area (Å²) in [5.74, 6) is -0.307. The summed E-state index contributed by atoms with van der Waals surface area (Å²) >= 11 is 0. The number of nitrogens with zero attached hydrogens (tertiary/aromatic N) is 1. The zero-order valence-corrected chi connectivity index (χ0v) is 17.3. The zero-order chi connectivity index (χ0) is 21.0. The fraction of sp³-hybridized carbons (Fsp3) is 0.136. The maximum absolute atomic E-state index is 12.5. The lowest BCUT2D eigenvalue weighted by Gasteiger charge is -2.13. The number of amides is 1. The summed E-state index contributed by atoms with van der Waals surface area (Å²) in [7, 11) is 0.156. The number of sulfonamides is 1. The molecule has 3 aromatic carbocycles. The standard InChI is InChI=1S/C22H23N3O3S/c1-16-4-8-19(9-5-16)24-29(27,28)21-14-6-17(7-15-21)22(26)23-18-10-12-20(13-11-18)25(2)3/h4-15,24H,1-3H3,(H,23,26). The first-order chi connectivity index (χ1) is 13.7. The van der Waals surface area contributed by atoms with Crippen LogP contribution in [0.1, 0.15) is 15.9 Å². The van der Waals surface area contributed by atoms with Crippen molar-refractivity contribution in [1.82, 2.24) is 0 Å². The lowest BCUT2D eigenvalue weighted by Crippen LogP contribution is -2.15. The highest BCUT2D eigenvalue weighted by atomic mass is 32.2. The van der Waals surface area contributed by atoms with Gasteiger partial charge in [-0.25, -0.2) is 8.42 Å². The van der Waals surface area contributed by atoms with E-state index in [4.69, 9.17) is 0 Å². The molecule has 1 amide bonds. The monoisotopic (exact) mass is 409 g/mol. The molecule has 3 rings (SSSR count). The molecule has 0 heterocycles. The predicted molar refractivity (Wildman–Crippen MR) is 117 cm³/mol. The number of benzene rings is 3. The number of hydrogen-bond donors (Lipinski definition) is 2. The number of aryl methyl sites for hydroxylation is 1. The second-order valence-electron chi connectivity index (χ2n) is 6.89. The molecule has 0 aliphatic heterocycles. The number of nitrogens with one attached hydrogen (secondary N) is 2. The van der Waals surface area contributed by atoms with Crippen molar-refractivity contribution >= 4 is 33.0 Å². The minimum absolute atomic E-state index is 0.0879. The third-order valence-corrected chi connectivity index (χ3v) is 5.77. The van der Waals surface area contributed by atoms with Crippen LogP contribution in [-0.4, -0.2) is 28.4 Å². The van der Waals surface area contributed by atoms with Crippen LogP contribution in [0.5, 0.6) is 0 Å². The van der Waals surface area contributed by atoms with Crippen LogP contribution < -0.4 is 14.9 Å². The summed E-state index contributed by atoms with van der Waals surface area (Å²) < 4.78 is 27.6. The van der Waals surface area contributed by atoms with Crippen molar-refractivity contribution in [3.05, 3.63) is 83.9 Å². The summed E-state index contributed by atoms with van der Waals surface area (Å²) in [6, 6.07) is 20.3. The lowest BCUT2D eigenvalue weighted by atomic mass is 10.2. The molecule has 0 radical (unpaired) electrons. The van der Waals surface area contributed by atoms with Crippen LogP contribution in [0.25, 0.3) is 0 Å². The van der Waals surface area contributed by atoms with Gasteiger partial charge in [0.1, 0.15) is 0 Å². The molecular weight excluding hydrogens is 386 g/mol. The molecule has 2 N–H and O–H groups in total. The third-order valence-electron chi connectivity index (χ3n) is 4.37. The smallest absolute Gasteiger partial charge is 0.261 e. The van der Waals surface area contributed by atoms with E-state index in [2.05, 4.69) is 10.0 Å². The molecule has 0 bridgehead atoms. The first kappa shape index (κ1) is 20.4. The van der Waals surface area contributed by atoms with Gasteiger partial charge >= 0.3 is 0 Å². The van der Waals surface area contributed by atoms with E-state index in [-0.39, 0.29) is 10.8 Å². The van der Waals surface area contributed by atoms with Gasteiger partial charge in [0.2, 0.25) is 0 Å². The summed E-state index contributed by atoms with van der Waals surface area (Å²) in [6.07, 6.45) is 0. The van der Waals surface area contributed by atoms with Crippen LogP contribution in [0.15, 0.2) is 77.7 Å². The minimum Gasteiger partial charge on any atom is -0.378 e. The highest BCUT2D eigenvalue weighted by Gasteiger charge is 2.15. The number of rotatable bonds is 6. The van der Waals surface area contributed by atoms with Crippen molar-refractivity contribution in [3.8, 4) is 0 Å². The molecule has 0 saturated carbocycles. The maximum Gasteiger partial charge on any atom is 0.261 e. The zero-order valence-electron chi connectivity index (χ0n) is 16.5.